The van der Waals surface area contributed by atoms with Crippen LogP contribution >= 0.6 is 11.3 Å². The van der Waals surface area contributed by atoms with E-state index in [2.05, 4.69) is 15.4 Å². The van der Waals surface area contributed by atoms with E-state index in [1.54, 1.807) is 0 Å². The van der Waals surface area contributed by atoms with Crippen LogP contribution in [0.3, 0.4) is 0 Å². The lowest BCUT2D eigenvalue weighted by Gasteiger charge is -2.28. The molecule has 3 N–H and O–H groups in total. The third-order valence-corrected chi connectivity index (χ3v) is 6.41. The van der Waals surface area contributed by atoms with Gasteiger partial charge in [0.05, 0.1) is 37.8 Å². The van der Waals surface area contributed by atoms with E-state index >= 15 is 0 Å². The predicted molar refractivity (Wildman–Crippen MR) is 128 cm³/mol. The van der Waals surface area contributed by atoms with Crippen LogP contribution in [0.1, 0.15) is 38.1 Å². The number of fused-ring (bicyclic) bond motifs is 1. The van der Waals surface area contributed by atoms with E-state index in [4.69, 9.17) is 14.2 Å². The minimum Gasteiger partial charge on any atom is -0.493 e. The number of hydrogen-bond donors (Lipinski definition) is 3. The lowest BCUT2D eigenvalue weighted by atomic mass is 10.0. The van der Waals surface area contributed by atoms with Gasteiger partial charge in [-0.25, -0.2) is 27.6 Å². The summed E-state index contributed by atoms with van der Waals surface area (Å²) < 4.78 is 64.1. The van der Waals surface area contributed by atoms with E-state index in [1.807, 2.05) is 0 Å². The Bertz CT molecular complexity index is 1430. The molecule has 1 atom stereocenters. The molecule has 2 heterocycles. The number of amides is 2. The van der Waals surface area contributed by atoms with Crippen LogP contribution in [0.15, 0.2) is 29.6 Å². The lowest BCUT2D eigenvalue weighted by molar-refractivity contribution is 0.0589. The fourth-order valence-corrected chi connectivity index (χ4v) is 4.64. The van der Waals surface area contributed by atoms with Crippen molar-refractivity contribution in [1.82, 2.24) is 0 Å². The molecule has 3 aromatic rings. The maximum absolute atomic E-state index is 14.8. The normalized spacial score (nSPS) is 14.1. The number of carbonyl (C=O) groups is 3. The van der Waals surface area contributed by atoms with Gasteiger partial charge in [-0.05, 0) is 12.1 Å². The molecule has 0 saturated heterocycles. The van der Waals surface area contributed by atoms with Gasteiger partial charge in [-0.3, -0.25) is 0 Å². The molecule has 200 valence electrons. The number of carbonyl (C=O) groups excluding carboxylic acids is 2. The minimum atomic E-state index is -1.49. The molecule has 2 aromatic carbocycles. The first kappa shape index (κ1) is 26.6. The average molecular weight is 552 g/mol. The molecule has 1 aliphatic rings. The fourth-order valence-electron chi connectivity index (χ4n) is 3.73. The van der Waals surface area contributed by atoms with Crippen LogP contribution in [-0.4, -0.2) is 43.9 Å². The Morgan fingerprint density at radius 2 is 1.79 bits per heavy atom. The van der Waals surface area contributed by atoms with Gasteiger partial charge in [0.15, 0.2) is 29.0 Å². The zero-order chi connectivity index (χ0) is 27.6. The van der Waals surface area contributed by atoms with Crippen molar-refractivity contribution in [3.05, 3.63) is 63.1 Å². The van der Waals surface area contributed by atoms with Crippen LogP contribution in [0.2, 0.25) is 0 Å². The number of carboxylic acid groups (broad SMARTS) is 1. The molecule has 1 unspecified atom stereocenters. The van der Waals surface area contributed by atoms with E-state index in [0.29, 0.717) is 0 Å². The quantitative estimate of drug-likeness (QED) is 0.341. The number of benzene rings is 2. The molecule has 14 heteroatoms. The van der Waals surface area contributed by atoms with Gasteiger partial charge >= 0.3 is 18.0 Å². The zero-order valence-electron chi connectivity index (χ0n) is 19.7. The molecule has 1 aromatic heterocycles. The Labute approximate surface area is 216 Å². The van der Waals surface area contributed by atoms with Gasteiger partial charge in [0.1, 0.15) is 22.3 Å². The van der Waals surface area contributed by atoms with Gasteiger partial charge in [0.2, 0.25) is 0 Å². The zero-order valence-corrected chi connectivity index (χ0v) is 20.5. The van der Waals surface area contributed by atoms with Crippen LogP contribution in [0, 0.1) is 17.5 Å². The predicted octanol–water partition coefficient (Wildman–Crippen LogP) is 5.21. The third-order valence-electron chi connectivity index (χ3n) is 5.45. The van der Waals surface area contributed by atoms with Gasteiger partial charge in [0.25, 0.3) is 0 Å². The maximum atomic E-state index is 14.8. The molecule has 4 rings (SSSR count). The number of halogens is 3. The van der Waals surface area contributed by atoms with Crippen molar-refractivity contribution < 1.29 is 51.6 Å². The second kappa shape index (κ2) is 10.9. The van der Waals surface area contributed by atoms with Crippen molar-refractivity contribution in [3.63, 3.8) is 0 Å². The Hall–Kier alpha value is -4.46. The average Bonchev–Trinajstić information content (AvgIpc) is 3.31. The first-order valence-electron chi connectivity index (χ1n) is 10.8. The summed E-state index contributed by atoms with van der Waals surface area (Å²) >= 11 is 0.736. The third kappa shape index (κ3) is 5.16. The van der Waals surface area contributed by atoms with Crippen LogP contribution in [0.25, 0.3) is 0 Å². The summed E-state index contributed by atoms with van der Waals surface area (Å²) in [7, 11) is 2.31. The number of esters is 1. The number of hydrogen-bond acceptors (Lipinski definition) is 8. The Morgan fingerprint density at radius 3 is 2.47 bits per heavy atom. The van der Waals surface area contributed by atoms with Gasteiger partial charge in [-0.2, -0.15) is 0 Å². The first-order chi connectivity index (χ1) is 18.1. The molecule has 38 heavy (non-hydrogen) atoms. The summed E-state index contributed by atoms with van der Waals surface area (Å²) in [5.74, 6) is -5.68. The van der Waals surface area contributed by atoms with E-state index in [1.165, 1.54) is 18.6 Å². The van der Waals surface area contributed by atoms with Crippen molar-refractivity contribution in [2.24, 2.45) is 0 Å². The molecular formula is C24H19F3N2O8S. The van der Waals surface area contributed by atoms with Crippen LogP contribution in [0.5, 0.6) is 17.2 Å². The molecule has 2 amide bonds. The Balaban J connectivity index is 1.59. The second-order valence-electron chi connectivity index (χ2n) is 7.73. The van der Waals surface area contributed by atoms with E-state index < -0.39 is 52.8 Å². The lowest BCUT2D eigenvalue weighted by Crippen LogP contribution is -2.22. The molecule has 0 aliphatic carbocycles. The smallest absolute Gasteiger partial charge is 0.349 e. The Morgan fingerprint density at radius 1 is 1.05 bits per heavy atom. The molecule has 0 saturated carbocycles. The molecular weight excluding hydrogens is 533 g/mol. The SMILES string of the molecule is COC(=O)c1scc(NC(=O)Nc2cc(OC3CCOc4ccc(F)c(F)c43)c(OC)cc2F)c1C(=O)O. The summed E-state index contributed by atoms with van der Waals surface area (Å²) in [6.45, 7) is 0.139. The molecule has 0 bridgehead atoms. The van der Waals surface area contributed by atoms with Crippen LogP contribution in [0.4, 0.5) is 29.3 Å². The van der Waals surface area contributed by atoms with Crippen LogP contribution in [-0.2, 0) is 4.74 Å². The first-order valence-corrected chi connectivity index (χ1v) is 11.7. The number of ether oxygens (including phenoxy) is 4. The minimum absolute atomic E-state index is 0.0907. The van der Waals surface area contributed by atoms with Crippen molar-refractivity contribution in [2.45, 2.75) is 12.5 Å². The Kier molecular flexibility index (Phi) is 7.62. The summed E-state index contributed by atoms with van der Waals surface area (Å²) in [5.41, 5.74) is -1.27. The standard InChI is InChI=1S/C24H19F3N2O8S/c1-34-16-7-11(26)12(28-24(33)29-13-9-38-21(23(32)35-2)18(13)22(30)31)8-17(16)37-15-5-6-36-14-4-3-10(25)20(27)19(14)15/h3-4,7-9,15H,5-6H2,1-2H3,(H,30,31)(H2,28,29,33). The highest BCUT2D eigenvalue weighted by molar-refractivity contribution is 7.13. The molecule has 10 nitrogen and oxygen atoms in total. The van der Waals surface area contributed by atoms with E-state index in [-0.39, 0.29) is 46.4 Å². The monoisotopic (exact) mass is 552 g/mol. The largest absolute Gasteiger partial charge is 0.493 e. The number of rotatable bonds is 7. The van der Waals surface area contributed by atoms with Gasteiger partial charge in [-0.15, -0.1) is 11.3 Å². The molecule has 0 spiro atoms. The number of methoxy groups -OCH3 is 2. The topological polar surface area (TPSA) is 132 Å². The summed E-state index contributed by atoms with van der Waals surface area (Å²) in [6.07, 6.45) is -0.883. The number of carboxylic acids is 1. The van der Waals surface area contributed by atoms with Gasteiger partial charge in [-0.1, -0.05) is 0 Å². The highest BCUT2D eigenvalue weighted by atomic mass is 32.1. The number of urea groups is 1. The van der Waals surface area contributed by atoms with Gasteiger partial charge < -0.3 is 34.7 Å². The van der Waals surface area contributed by atoms with E-state index in [9.17, 15) is 32.7 Å². The highest BCUT2D eigenvalue weighted by Gasteiger charge is 2.30. The highest BCUT2D eigenvalue weighted by Crippen LogP contribution is 2.41. The van der Waals surface area contributed by atoms with Crippen molar-refractivity contribution >= 4 is 40.7 Å². The van der Waals surface area contributed by atoms with Crippen molar-refractivity contribution in [2.75, 3.05) is 31.5 Å². The van der Waals surface area contributed by atoms with E-state index in [0.717, 1.165) is 36.6 Å². The van der Waals surface area contributed by atoms with Crippen LogP contribution < -0.4 is 24.8 Å². The molecule has 0 radical (unpaired) electrons. The number of aromatic carboxylic acids is 1. The number of nitrogens with one attached hydrogen (secondary N) is 2. The summed E-state index contributed by atoms with van der Waals surface area (Å²) in [6, 6.07) is 3.14. The number of thiophene rings is 1. The van der Waals surface area contributed by atoms with Crippen molar-refractivity contribution in [1.29, 1.82) is 0 Å². The second-order valence-corrected chi connectivity index (χ2v) is 8.61. The van der Waals surface area contributed by atoms with Gasteiger partial charge in [0, 0.05) is 23.9 Å². The molecule has 0 fully saturated rings. The fraction of sp³-hybridized carbons (Fsp3) is 0.208. The van der Waals surface area contributed by atoms with Crippen molar-refractivity contribution in [3.8, 4) is 17.2 Å². The number of anilines is 2. The molecule has 1 aliphatic heterocycles. The summed E-state index contributed by atoms with van der Waals surface area (Å²) in [4.78, 5) is 35.8. The maximum Gasteiger partial charge on any atom is 0.349 e. The summed E-state index contributed by atoms with van der Waals surface area (Å²) in [5, 5.41) is 15.1.